The summed E-state index contributed by atoms with van der Waals surface area (Å²) in [4.78, 5) is 16.0. The van der Waals surface area contributed by atoms with Gasteiger partial charge in [0.1, 0.15) is 11.5 Å². The average Bonchev–Trinajstić information content (AvgIpc) is 3.17. The molecule has 0 N–H and O–H groups in total. The molecule has 0 amide bonds. The lowest BCUT2D eigenvalue weighted by atomic mass is 10.2. The van der Waals surface area contributed by atoms with E-state index in [0.29, 0.717) is 17.3 Å². The molecule has 1 aromatic heterocycles. The lowest BCUT2D eigenvalue weighted by molar-refractivity contribution is -0.146. The molecule has 0 saturated heterocycles. The Balaban J connectivity index is 1.45. The second kappa shape index (κ2) is 8.84. The van der Waals surface area contributed by atoms with Crippen molar-refractivity contribution in [2.24, 2.45) is 0 Å². The third-order valence-electron chi connectivity index (χ3n) is 3.75. The lowest BCUT2D eigenvalue weighted by Crippen LogP contribution is -2.10. The van der Waals surface area contributed by atoms with E-state index in [9.17, 15) is 4.79 Å². The van der Waals surface area contributed by atoms with Crippen LogP contribution < -0.4 is 9.47 Å². The topological polar surface area (TPSA) is 83.7 Å². The van der Waals surface area contributed by atoms with E-state index in [-0.39, 0.29) is 25.5 Å². The van der Waals surface area contributed by atoms with Crippen molar-refractivity contribution < 1.29 is 23.5 Å². The predicted octanol–water partition coefficient (Wildman–Crippen LogP) is 3.57. The highest BCUT2D eigenvalue weighted by Crippen LogP contribution is 2.21. The van der Waals surface area contributed by atoms with E-state index < -0.39 is 5.97 Å². The van der Waals surface area contributed by atoms with Crippen LogP contribution in [0.25, 0.3) is 11.4 Å². The van der Waals surface area contributed by atoms with E-state index in [1.54, 1.807) is 13.2 Å². The van der Waals surface area contributed by atoms with Crippen LogP contribution in [0.4, 0.5) is 0 Å². The van der Waals surface area contributed by atoms with Crippen LogP contribution in [-0.4, -0.2) is 29.8 Å². The Kier molecular flexibility index (Phi) is 6.04. The van der Waals surface area contributed by atoms with Crippen molar-refractivity contribution in [1.82, 2.24) is 10.1 Å². The Morgan fingerprint density at radius 2 is 1.93 bits per heavy atom. The Morgan fingerprint density at radius 1 is 1.11 bits per heavy atom. The number of rotatable bonds is 8. The van der Waals surface area contributed by atoms with Gasteiger partial charge in [0, 0.05) is 5.56 Å². The molecule has 3 aromatic rings. The second-order valence-electron chi connectivity index (χ2n) is 5.82. The van der Waals surface area contributed by atoms with Gasteiger partial charge in [-0.05, 0) is 31.2 Å². The number of aromatic nitrogens is 2. The Hall–Kier alpha value is -3.35. The van der Waals surface area contributed by atoms with Gasteiger partial charge >= 0.3 is 5.97 Å². The molecule has 27 heavy (non-hydrogen) atoms. The van der Waals surface area contributed by atoms with Gasteiger partial charge < -0.3 is 18.7 Å². The number of carbonyl (C=O) groups excluding carboxylic acids is 1. The third-order valence-corrected chi connectivity index (χ3v) is 3.75. The number of hydrogen-bond donors (Lipinski definition) is 0. The van der Waals surface area contributed by atoms with Gasteiger partial charge in [-0.25, -0.2) is 0 Å². The molecule has 2 aromatic carbocycles. The minimum absolute atomic E-state index is 0.0830. The van der Waals surface area contributed by atoms with Crippen LogP contribution in [0.2, 0.25) is 0 Å². The van der Waals surface area contributed by atoms with Crippen LogP contribution in [0.1, 0.15) is 17.9 Å². The normalized spacial score (nSPS) is 10.4. The van der Waals surface area contributed by atoms with Gasteiger partial charge in [0.2, 0.25) is 5.82 Å². The van der Waals surface area contributed by atoms with Crippen LogP contribution in [0.5, 0.6) is 11.5 Å². The first-order valence-electron chi connectivity index (χ1n) is 8.46. The maximum Gasteiger partial charge on any atom is 0.309 e. The summed E-state index contributed by atoms with van der Waals surface area (Å²) in [5, 5.41) is 3.89. The molecule has 140 valence electrons. The highest BCUT2D eigenvalue weighted by Gasteiger charge is 2.12. The summed E-state index contributed by atoms with van der Waals surface area (Å²) in [5.74, 6) is 1.64. The molecule has 7 nitrogen and oxygen atoms in total. The molecular formula is C20H20N2O5. The number of aryl methyl sites for hydroxylation is 1. The van der Waals surface area contributed by atoms with Crippen molar-refractivity contribution in [3.05, 3.63) is 60.0 Å². The van der Waals surface area contributed by atoms with Gasteiger partial charge in [0.15, 0.2) is 6.61 Å². The number of nitrogens with zero attached hydrogens (tertiary/aromatic N) is 2. The molecule has 0 saturated carbocycles. The molecule has 0 aliphatic rings. The standard InChI is InChI=1S/C20H20N2O5/c1-14-6-8-16(9-7-14)25-11-10-19(23)26-13-18-21-20(22-27-18)15-4-3-5-17(12-15)24-2/h3-9,12H,10-11,13H2,1-2H3. The largest absolute Gasteiger partial charge is 0.497 e. The molecule has 0 radical (unpaired) electrons. The highest BCUT2D eigenvalue weighted by atomic mass is 16.6. The molecule has 0 aliphatic heterocycles. The smallest absolute Gasteiger partial charge is 0.309 e. The summed E-state index contributed by atoms with van der Waals surface area (Å²) in [6, 6.07) is 14.9. The summed E-state index contributed by atoms with van der Waals surface area (Å²) >= 11 is 0. The Morgan fingerprint density at radius 3 is 2.70 bits per heavy atom. The van der Waals surface area contributed by atoms with Crippen molar-refractivity contribution in [3.8, 4) is 22.9 Å². The van der Waals surface area contributed by atoms with E-state index >= 15 is 0 Å². The monoisotopic (exact) mass is 368 g/mol. The zero-order valence-electron chi connectivity index (χ0n) is 15.2. The summed E-state index contributed by atoms with van der Waals surface area (Å²) in [7, 11) is 1.59. The number of methoxy groups -OCH3 is 1. The molecular weight excluding hydrogens is 348 g/mol. The van der Waals surface area contributed by atoms with Gasteiger partial charge in [-0.3, -0.25) is 4.79 Å². The molecule has 7 heteroatoms. The first-order chi connectivity index (χ1) is 13.1. The maximum absolute atomic E-state index is 11.8. The summed E-state index contributed by atoms with van der Waals surface area (Å²) in [6.45, 7) is 2.15. The van der Waals surface area contributed by atoms with Crippen LogP contribution in [-0.2, 0) is 16.1 Å². The number of hydrogen-bond acceptors (Lipinski definition) is 7. The zero-order chi connectivity index (χ0) is 19.1. The van der Waals surface area contributed by atoms with Crippen LogP contribution >= 0.6 is 0 Å². The fourth-order valence-corrected chi connectivity index (χ4v) is 2.29. The molecule has 0 atom stereocenters. The van der Waals surface area contributed by atoms with Crippen LogP contribution in [0.3, 0.4) is 0 Å². The van der Waals surface area contributed by atoms with Crippen molar-refractivity contribution in [2.75, 3.05) is 13.7 Å². The Bertz CT molecular complexity index is 889. The highest BCUT2D eigenvalue weighted by molar-refractivity contribution is 5.69. The van der Waals surface area contributed by atoms with Gasteiger partial charge in [-0.15, -0.1) is 0 Å². The van der Waals surface area contributed by atoms with Crippen molar-refractivity contribution in [2.45, 2.75) is 20.0 Å². The van der Waals surface area contributed by atoms with E-state index in [1.165, 1.54) is 0 Å². The molecule has 1 heterocycles. The van der Waals surface area contributed by atoms with Gasteiger partial charge in [-0.2, -0.15) is 4.98 Å². The average molecular weight is 368 g/mol. The van der Waals surface area contributed by atoms with Gasteiger partial charge in [0.25, 0.3) is 5.89 Å². The summed E-state index contributed by atoms with van der Waals surface area (Å²) in [5.41, 5.74) is 1.90. The minimum atomic E-state index is -0.400. The first-order valence-corrected chi connectivity index (χ1v) is 8.46. The number of carbonyl (C=O) groups is 1. The Labute approximate surface area is 156 Å². The third kappa shape index (κ3) is 5.31. The van der Waals surface area contributed by atoms with E-state index in [4.69, 9.17) is 18.7 Å². The summed E-state index contributed by atoms with van der Waals surface area (Å²) < 4.78 is 20.9. The molecule has 0 aliphatic carbocycles. The molecule has 0 bridgehead atoms. The SMILES string of the molecule is COc1cccc(-c2noc(COC(=O)CCOc3ccc(C)cc3)n2)c1. The molecule has 0 spiro atoms. The summed E-state index contributed by atoms with van der Waals surface area (Å²) in [6.07, 6.45) is 0.130. The van der Waals surface area contributed by atoms with E-state index in [0.717, 1.165) is 11.1 Å². The molecule has 3 rings (SSSR count). The predicted molar refractivity (Wildman–Crippen MR) is 97.4 cm³/mol. The fourth-order valence-electron chi connectivity index (χ4n) is 2.29. The lowest BCUT2D eigenvalue weighted by Gasteiger charge is -2.06. The van der Waals surface area contributed by atoms with Crippen LogP contribution in [0.15, 0.2) is 53.1 Å². The minimum Gasteiger partial charge on any atom is -0.497 e. The zero-order valence-corrected chi connectivity index (χ0v) is 15.2. The number of esters is 1. The van der Waals surface area contributed by atoms with E-state index in [2.05, 4.69) is 10.1 Å². The quantitative estimate of drug-likeness (QED) is 0.562. The van der Waals surface area contributed by atoms with Crippen molar-refractivity contribution >= 4 is 5.97 Å². The van der Waals surface area contributed by atoms with Crippen molar-refractivity contribution in [1.29, 1.82) is 0 Å². The first kappa shape index (κ1) is 18.4. The molecule has 0 unspecified atom stereocenters. The van der Waals surface area contributed by atoms with E-state index in [1.807, 2.05) is 49.4 Å². The molecule has 0 fully saturated rings. The maximum atomic E-state index is 11.8. The van der Waals surface area contributed by atoms with Gasteiger partial charge in [-0.1, -0.05) is 35.0 Å². The van der Waals surface area contributed by atoms with Crippen LogP contribution in [0, 0.1) is 6.92 Å². The van der Waals surface area contributed by atoms with Crippen molar-refractivity contribution in [3.63, 3.8) is 0 Å². The fraction of sp³-hybridized carbons (Fsp3) is 0.250. The second-order valence-corrected chi connectivity index (χ2v) is 5.82. The number of ether oxygens (including phenoxy) is 3. The number of benzene rings is 2. The van der Waals surface area contributed by atoms with Gasteiger partial charge in [0.05, 0.1) is 20.1 Å².